The lowest BCUT2D eigenvalue weighted by molar-refractivity contribution is -0.142. The molecule has 0 bridgehead atoms. The van der Waals surface area contributed by atoms with E-state index in [1.54, 1.807) is 6.08 Å². The van der Waals surface area contributed by atoms with Crippen molar-refractivity contribution in [1.29, 1.82) is 0 Å². The van der Waals surface area contributed by atoms with E-state index in [0.29, 0.717) is 19.3 Å². The van der Waals surface area contributed by atoms with E-state index < -0.39 is 12.1 Å². The van der Waals surface area contributed by atoms with Crippen LogP contribution in [0.3, 0.4) is 0 Å². The number of allylic oxidation sites excluding steroid dienone is 1. The first-order valence-corrected chi connectivity index (χ1v) is 4.27. The molecule has 0 aliphatic heterocycles. The predicted octanol–water partition coefficient (Wildman–Crippen LogP) is 1.18. The van der Waals surface area contributed by atoms with E-state index >= 15 is 0 Å². The van der Waals surface area contributed by atoms with Gasteiger partial charge in [0.2, 0.25) is 0 Å². The summed E-state index contributed by atoms with van der Waals surface area (Å²) in [6.45, 7) is 0. The van der Waals surface area contributed by atoms with Crippen molar-refractivity contribution >= 4 is 5.97 Å². The highest BCUT2D eigenvalue weighted by atomic mass is 16.4. The van der Waals surface area contributed by atoms with Crippen LogP contribution in [0.5, 0.6) is 0 Å². The standard InChI is InChI=1S/C9H14O3/c10-8-4-2-1-3-7(5-6-8)9(11)12/h2,4,7-8,10H,1,3,5-6H2,(H,11,12)/b4-2-/t7-,8?/m0/s1. The van der Waals surface area contributed by atoms with Crippen molar-refractivity contribution in [2.75, 3.05) is 0 Å². The predicted molar refractivity (Wildman–Crippen MR) is 44.7 cm³/mol. The molecule has 1 rings (SSSR count). The Kier molecular flexibility index (Phi) is 3.29. The zero-order chi connectivity index (χ0) is 8.97. The molecule has 68 valence electrons. The van der Waals surface area contributed by atoms with Crippen molar-refractivity contribution in [2.45, 2.75) is 31.8 Å². The molecular formula is C9H14O3. The Morgan fingerprint density at radius 3 is 2.75 bits per heavy atom. The summed E-state index contributed by atoms with van der Waals surface area (Å²) in [7, 11) is 0. The topological polar surface area (TPSA) is 57.5 Å². The van der Waals surface area contributed by atoms with E-state index in [4.69, 9.17) is 5.11 Å². The summed E-state index contributed by atoms with van der Waals surface area (Å²) in [6.07, 6.45) is 5.76. The van der Waals surface area contributed by atoms with Gasteiger partial charge in [0.05, 0.1) is 12.0 Å². The molecule has 1 unspecified atom stereocenters. The van der Waals surface area contributed by atoms with E-state index in [1.165, 1.54) is 0 Å². The number of carbonyl (C=O) groups is 1. The van der Waals surface area contributed by atoms with Crippen LogP contribution >= 0.6 is 0 Å². The fourth-order valence-corrected chi connectivity index (χ4v) is 1.41. The fraction of sp³-hybridized carbons (Fsp3) is 0.667. The van der Waals surface area contributed by atoms with Gasteiger partial charge < -0.3 is 10.2 Å². The van der Waals surface area contributed by atoms with Gasteiger partial charge in [-0.1, -0.05) is 12.2 Å². The Labute approximate surface area is 71.7 Å². The highest BCUT2D eigenvalue weighted by Crippen LogP contribution is 2.18. The van der Waals surface area contributed by atoms with E-state index in [0.717, 1.165) is 6.42 Å². The molecule has 0 aromatic carbocycles. The Morgan fingerprint density at radius 2 is 2.08 bits per heavy atom. The molecule has 0 aromatic rings. The molecular weight excluding hydrogens is 156 g/mol. The van der Waals surface area contributed by atoms with Crippen LogP contribution in [0.1, 0.15) is 25.7 Å². The molecule has 0 saturated carbocycles. The summed E-state index contributed by atoms with van der Waals surface area (Å²) in [5.41, 5.74) is 0. The molecule has 2 atom stereocenters. The Hall–Kier alpha value is -0.830. The molecule has 1 aliphatic rings. The SMILES string of the molecule is O=C(O)[C@H]1CC/C=C\C(O)CC1. The minimum absolute atomic E-state index is 0.274. The summed E-state index contributed by atoms with van der Waals surface area (Å²) >= 11 is 0. The van der Waals surface area contributed by atoms with Crippen LogP contribution in [-0.4, -0.2) is 22.3 Å². The highest BCUT2D eigenvalue weighted by molar-refractivity contribution is 5.69. The van der Waals surface area contributed by atoms with Crippen LogP contribution in [0.2, 0.25) is 0 Å². The van der Waals surface area contributed by atoms with Crippen molar-refractivity contribution in [1.82, 2.24) is 0 Å². The minimum atomic E-state index is -0.738. The van der Waals surface area contributed by atoms with Gasteiger partial charge in [0.25, 0.3) is 0 Å². The smallest absolute Gasteiger partial charge is 0.306 e. The third-order valence-electron chi connectivity index (χ3n) is 2.20. The molecule has 0 heterocycles. The van der Waals surface area contributed by atoms with Gasteiger partial charge in [-0.3, -0.25) is 4.79 Å². The number of carboxylic acids is 1. The van der Waals surface area contributed by atoms with Crippen molar-refractivity contribution in [3.8, 4) is 0 Å². The van der Waals surface area contributed by atoms with Gasteiger partial charge >= 0.3 is 5.97 Å². The average molecular weight is 170 g/mol. The van der Waals surface area contributed by atoms with Gasteiger partial charge in [0, 0.05) is 0 Å². The molecule has 3 nitrogen and oxygen atoms in total. The van der Waals surface area contributed by atoms with E-state index in [9.17, 15) is 9.90 Å². The van der Waals surface area contributed by atoms with Crippen molar-refractivity contribution in [3.63, 3.8) is 0 Å². The van der Waals surface area contributed by atoms with Crippen LogP contribution in [0.4, 0.5) is 0 Å². The molecule has 0 saturated heterocycles. The number of aliphatic carboxylic acids is 1. The largest absolute Gasteiger partial charge is 0.481 e. The van der Waals surface area contributed by atoms with Crippen LogP contribution in [0.15, 0.2) is 12.2 Å². The zero-order valence-corrected chi connectivity index (χ0v) is 6.94. The number of hydrogen-bond acceptors (Lipinski definition) is 2. The molecule has 0 spiro atoms. The highest BCUT2D eigenvalue weighted by Gasteiger charge is 2.18. The Morgan fingerprint density at radius 1 is 1.33 bits per heavy atom. The summed E-state index contributed by atoms with van der Waals surface area (Å²) in [5.74, 6) is -1.01. The Bertz CT molecular complexity index is 186. The second-order valence-electron chi connectivity index (χ2n) is 3.19. The van der Waals surface area contributed by atoms with Crippen LogP contribution in [0, 0.1) is 5.92 Å². The zero-order valence-electron chi connectivity index (χ0n) is 6.94. The lowest BCUT2D eigenvalue weighted by Gasteiger charge is -2.15. The normalized spacial score (nSPS) is 33.4. The Balaban J connectivity index is 2.49. The maximum Gasteiger partial charge on any atom is 0.306 e. The molecule has 2 N–H and O–H groups in total. The van der Waals surface area contributed by atoms with E-state index in [-0.39, 0.29) is 5.92 Å². The summed E-state index contributed by atoms with van der Waals surface area (Å²) in [4.78, 5) is 10.6. The van der Waals surface area contributed by atoms with E-state index in [1.807, 2.05) is 6.08 Å². The van der Waals surface area contributed by atoms with E-state index in [2.05, 4.69) is 0 Å². The van der Waals surface area contributed by atoms with Crippen LogP contribution < -0.4 is 0 Å². The van der Waals surface area contributed by atoms with Gasteiger partial charge in [-0.05, 0) is 25.7 Å². The van der Waals surface area contributed by atoms with Crippen molar-refractivity contribution in [3.05, 3.63) is 12.2 Å². The van der Waals surface area contributed by atoms with Gasteiger partial charge in [-0.2, -0.15) is 0 Å². The summed E-state index contributed by atoms with van der Waals surface area (Å²) in [5, 5.41) is 18.0. The maximum absolute atomic E-state index is 10.6. The molecule has 1 aliphatic carbocycles. The first kappa shape index (κ1) is 9.26. The lowest BCUT2D eigenvalue weighted by atomic mass is 9.93. The lowest BCUT2D eigenvalue weighted by Crippen LogP contribution is -2.17. The quantitative estimate of drug-likeness (QED) is 0.581. The number of aliphatic hydroxyl groups is 1. The monoisotopic (exact) mass is 170 g/mol. The van der Waals surface area contributed by atoms with Crippen LogP contribution in [0.25, 0.3) is 0 Å². The number of aliphatic hydroxyl groups excluding tert-OH is 1. The van der Waals surface area contributed by atoms with Gasteiger partial charge in [0.15, 0.2) is 0 Å². The maximum atomic E-state index is 10.6. The number of carboxylic acid groups (broad SMARTS) is 1. The number of rotatable bonds is 1. The molecule has 0 radical (unpaired) electrons. The third kappa shape index (κ3) is 2.66. The second-order valence-corrected chi connectivity index (χ2v) is 3.19. The summed E-state index contributed by atoms with van der Waals surface area (Å²) in [6, 6.07) is 0. The molecule has 3 heteroatoms. The van der Waals surface area contributed by atoms with Crippen molar-refractivity contribution in [2.24, 2.45) is 5.92 Å². The third-order valence-corrected chi connectivity index (χ3v) is 2.20. The van der Waals surface area contributed by atoms with Gasteiger partial charge in [0.1, 0.15) is 0 Å². The molecule has 0 aromatic heterocycles. The van der Waals surface area contributed by atoms with Gasteiger partial charge in [-0.15, -0.1) is 0 Å². The first-order valence-electron chi connectivity index (χ1n) is 4.27. The van der Waals surface area contributed by atoms with Crippen LogP contribution in [-0.2, 0) is 4.79 Å². The van der Waals surface area contributed by atoms with Crippen molar-refractivity contribution < 1.29 is 15.0 Å². The first-order chi connectivity index (χ1) is 5.70. The van der Waals surface area contributed by atoms with Gasteiger partial charge in [-0.25, -0.2) is 0 Å². The second kappa shape index (κ2) is 4.26. The molecule has 0 fully saturated rings. The molecule has 12 heavy (non-hydrogen) atoms. The number of hydrogen-bond donors (Lipinski definition) is 2. The minimum Gasteiger partial charge on any atom is -0.481 e. The average Bonchev–Trinajstić information content (AvgIpc) is 1.97. The molecule has 0 amide bonds. The fourth-order valence-electron chi connectivity index (χ4n) is 1.41. The summed E-state index contributed by atoms with van der Waals surface area (Å²) < 4.78 is 0.